The molecule has 0 aliphatic carbocycles. The van der Waals surface area contributed by atoms with Crippen molar-refractivity contribution in [2.75, 3.05) is 10.6 Å². The fourth-order valence-electron chi connectivity index (χ4n) is 2.81. The fraction of sp³-hybridized carbons (Fsp3) is 0.200. The summed E-state index contributed by atoms with van der Waals surface area (Å²) in [6.45, 7) is 2.84. The summed E-state index contributed by atoms with van der Waals surface area (Å²) >= 11 is 6.04. The minimum atomic E-state index is -4.61. The number of nitrogens with one attached hydrogen (secondary N) is 2. The topological polar surface area (TPSA) is 88.9 Å². The van der Waals surface area contributed by atoms with E-state index in [1.807, 2.05) is 0 Å². The Morgan fingerprint density at radius 2 is 1.71 bits per heavy atom. The number of carbonyl (C=O) groups excluding carboxylic acids is 2. The second-order valence-corrected chi connectivity index (χ2v) is 7.05. The number of nitrogens with zero attached hydrogens (tertiary/aromatic N) is 3. The van der Waals surface area contributed by atoms with Gasteiger partial charge in [-0.3, -0.25) is 9.59 Å². The van der Waals surface area contributed by atoms with Crippen LogP contribution in [-0.2, 0) is 17.5 Å². The molecular formula is C20H17ClF3N5O2. The number of halogens is 4. The molecule has 0 atom stereocenters. The lowest BCUT2D eigenvalue weighted by Gasteiger charge is -2.13. The van der Waals surface area contributed by atoms with Crippen molar-refractivity contribution in [2.45, 2.75) is 26.6 Å². The summed E-state index contributed by atoms with van der Waals surface area (Å²) in [6, 6.07) is 9.67. The highest BCUT2D eigenvalue weighted by molar-refractivity contribution is 6.31. The third-order valence-corrected chi connectivity index (χ3v) is 4.92. The van der Waals surface area contributed by atoms with Gasteiger partial charge in [-0.05, 0) is 43.7 Å². The van der Waals surface area contributed by atoms with Gasteiger partial charge in [0, 0.05) is 10.7 Å². The van der Waals surface area contributed by atoms with E-state index in [0.717, 1.165) is 16.8 Å². The maximum absolute atomic E-state index is 13.1. The van der Waals surface area contributed by atoms with Crippen molar-refractivity contribution in [3.05, 3.63) is 70.0 Å². The first-order valence-electron chi connectivity index (χ1n) is 9.00. The average Bonchev–Trinajstić information content (AvgIpc) is 3.05. The molecule has 0 saturated heterocycles. The minimum absolute atomic E-state index is 0.0251. The van der Waals surface area contributed by atoms with Crippen molar-refractivity contribution in [1.82, 2.24) is 15.0 Å². The maximum Gasteiger partial charge on any atom is 0.418 e. The molecule has 31 heavy (non-hydrogen) atoms. The number of anilines is 2. The van der Waals surface area contributed by atoms with Gasteiger partial charge in [0.2, 0.25) is 5.91 Å². The normalized spacial score (nSPS) is 11.3. The van der Waals surface area contributed by atoms with E-state index in [1.165, 1.54) is 19.1 Å². The van der Waals surface area contributed by atoms with Gasteiger partial charge in [0.1, 0.15) is 6.54 Å². The summed E-state index contributed by atoms with van der Waals surface area (Å²) in [6.07, 6.45) is -4.61. The molecular weight excluding hydrogens is 435 g/mol. The smallest absolute Gasteiger partial charge is 0.324 e. The third-order valence-electron chi connectivity index (χ3n) is 4.51. The van der Waals surface area contributed by atoms with Gasteiger partial charge in [-0.25, -0.2) is 4.68 Å². The van der Waals surface area contributed by atoms with Crippen LogP contribution < -0.4 is 10.6 Å². The molecule has 1 aromatic heterocycles. The van der Waals surface area contributed by atoms with E-state index in [1.54, 1.807) is 25.1 Å². The monoisotopic (exact) mass is 451 g/mol. The molecule has 1 heterocycles. The van der Waals surface area contributed by atoms with Crippen molar-refractivity contribution in [3.63, 3.8) is 0 Å². The van der Waals surface area contributed by atoms with E-state index in [0.29, 0.717) is 16.3 Å². The highest BCUT2D eigenvalue weighted by Crippen LogP contribution is 2.34. The van der Waals surface area contributed by atoms with E-state index in [4.69, 9.17) is 11.6 Å². The Morgan fingerprint density at radius 3 is 2.42 bits per heavy atom. The highest BCUT2D eigenvalue weighted by atomic mass is 35.5. The third kappa shape index (κ3) is 5.02. The summed E-state index contributed by atoms with van der Waals surface area (Å²) in [4.78, 5) is 24.8. The van der Waals surface area contributed by atoms with E-state index in [2.05, 4.69) is 20.9 Å². The lowest BCUT2D eigenvalue weighted by molar-refractivity contribution is -0.137. The Hall–Kier alpha value is -3.40. The molecule has 0 bridgehead atoms. The Morgan fingerprint density at radius 1 is 1.03 bits per heavy atom. The molecule has 2 amide bonds. The van der Waals surface area contributed by atoms with Crippen molar-refractivity contribution in [1.29, 1.82) is 0 Å². The summed E-state index contributed by atoms with van der Waals surface area (Å²) in [5.74, 6) is -1.31. The summed E-state index contributed by atoms with van der Waals surface area (Å²) in [7, 11) is 0. The first kappa shape index (κ1) is 22.3. The van der Waals surface area contributed by atoms with Gasteiger partial charge < -0.3 is 10.6 Å². The maximum atomic E-state index is 13.1. The fourth-order valence-corrected chi connectivity index (χ4v) is 2.98. The molecule has 0 fully saturated rings. The van der Waals surface area contributed by atoms with Crippen molar-refractivity contribution in [3.8, 4) is 0 Å². The first-order valence-corrected chi connectivity index (χ1v) is 9.38. The van der Waals surface area contributed by atoms with E-state index < -0.39 is 30.1 Å². The van der Waals surface area contributed by atoms with Crippen LogP contribution in [0.2, 0.25) is 5.02 Å². The van der Waals surface area contributed by atoms with Crippen molar-refractivity contribution >= 4 is 34.8 Å². The molecule has 7 nitrogen and oxygen atoms in total. The van der Waals surface area contributed by atoms with Gasteiger partial charge in [-0.2, -0.15) is 13.2 Å². The molecule has 0 saturated carbocycles. The average molecular weight is 452 g/mol. The molecule has 0 aliphatic heterocycles. The van der Waals surface area contributed by atoms with Crippen molar-refractivity contribution < 1.29 is 22.8 Å². The second-order valence-electron chi connectivity index (χ2n) is 6.64. The lowest BCUT2D eigenvalue weighted by atomic mass is 10.1. The van der Waals surface area contributed by atoms with Crippen LogP contribution in [0.15, 0.2) is 42.5 Å². The van der Waals surface area contributed by atoms with Gasteiger partial charge in [0.25, 0.3) is 5.91 Å². The Bertz CT molecular complexity index is 1140. The van der Waals surface area contributed by atoms with Crippen LogP contribution >= 0.6 is 11.6 Å². The van der Waals surface area contributed by atoms with E-state index in [-0.39, 0.29) is 17.1 Å². The molecule has 11 heteroatoms. The number of benzene rings is 2. The highest BCUT2D eigenvalue weighted by Gasteiger charge is 2.33. The molecule has 162 valence electrons. The molecule has 2 N–H and O–H groups in total. The SMILES string of the molecule is Cc1c(Cl)cccc1NC(=O)c1nnn(CC(=O)Nc2ccccc2C(F)(F)F)c1C. The summed E-state index contributed by atoms with van der Waals surface area (Å²) < 4.78 is 40.4. The van der Waals surface area contributed by atoms with Crippen LogP contribution in [0, 0.1) is 13.8 Å². The molecule has 0 spiro atoms. The van der Waals surface area contributed by atoms with Gasteiger partial charge in [-0.1, -0.05) is 35.0 Å². The number of alkyl halides is 3. The van der Waals surface area contributed by atoms with Gasteiger partial charge in [0.05, 0.1) is 16.9 Å². The molecule has 0 unspecified atom stereocenters. The van der Waals surface area contributed by atoms with Gasteiger partial charge in [0.15, 0.2) is 5.69 Å². The second kappa shape index (κ2) is 8.76. The standard InChI is InChI=1S/C20H17ClF3N5O2/c1-11-14(21)7-5-9-15(11)26-19(31)18-12(2)29(28-27-18)10-17(30)25-16-8-4-3-6-13(16)20(22,23)24/h3-9H,10H2,1-2H3,(H,25,30)(H,26,31). The van der Waals surface area contributed by atoms with Gasteiger partial charge >= 0.3 is 6.18 Å². The van der Waals surface area contributed by atoms with E-state index in [9.17, 15) is 22.8 Å². The lowest BCUT2D eigenvalue weighted by Crippen LogP contribution is -2.22. The predicted octanol–water partition coefficient (Wildman–Crippen LogP) is 4.46. The largest absolute Gasteiger partial charge is 0.418 e. The minimum Gasteiger partial charge on any atom is -0.324 e. The van der Waals surface area contributed by atoms with Crippen LogP contribution in [0.5, 0.6) is 0 Å². The number of hydrogen-bond donors (Lipinski definition) is 2. The molecule has 3 aromatic rings. The zero-order valence-corrected chi connectivity index (χ0v) is 17.2. The van der Waals surface area contributed by atoms with Crippen LogP contribution in [0.3, 0.4) is 0 Å². The number of rotatable bonds is 5. The Kier molecular flexibility index (Phi) is 6.30. The zero-order valence-electron chi connectivity index (χ0n) is 16.4. The molecule has 3 rings (SSSR count). The van der Waals surface area contributed by atoms with Crippen LogP contribution in [-0.4, -0.2) is 26.8 Å². The quantitative estimate of drug-likeness (QED) is 0.599. The van der Waals surface area contributed by atoms with Crippen LogP contribution in [0.25, 0.3) is 0 Å². The Labute approximate surface area is 180 Å². The van der Waals surface area contributed by atoms with E-state index >= 15 is 0 Å². The molecule has 0 radical (unpaired) electrons. The van der Waals surface area contributed by atoms with Crippen LogP contribution in [0.1, 0.15) is 27.3 Å². The number of hydrogen-bond acceptors (Lipinski definition) is 4. The number of amides is 2. The number of aromatic nitrogens is 3. The number of carbonyl (C=O) groups is 2. The van der Waals surface area contributed by atoms with Crippen LogP contribution in [0.4, 0.5) is 24.5 Å². The zero-order chi connectivity index (χ0) is 22.8. The summed E-state index contributed by atoms with van der Waals surface area (Å²) in [5.41, 5.74) is 0.0836. The molecule has 2 aromatic carbocycles. The summed E-state index contributed by atoms with van der Waals surface area (Å²) in [5, 5.41) is 12.9. The first-order chi connectivity index (χ1) is 14.6. The Balaban J connectivity index is 1.73. The van der Waals surface area contributed by atoms with Crippen molar-refractivity contribution in [2.24, 2.45) is 0 Å². The van der Waals surface area contributed by atoms with Gasteiger partial charge in [-0.15, -0.1) is 5.10 Å². The number of para-hydroxylation sites is 1. The predicted molar refractivity (Wildman–Crippen MR) is 109 cm³/mol. The molecule has 0 aliphatic rings.